The van der Waals surface area contributed by atoms with Gasteiger partial charge in [0, 0.05) is 28.8 Å². The van der Waals surface area contributed by atoms with Gasteiger partial charge in [0.1, 0.15) is 23.0 Å². The molecule has 0 saturated carbocycles. The van der Waals surface area contributed by atoms with Crippen LogP contribution in [0.1, 0.15) is 29.9 Å². The molecule has 126 valence electrons. The van der Waals surface area contributed by atoms with Crippen LogP contribution in [0.3, 0.4) is 0 Å². The molecular weight excluding hydrogens is 398 g/mol. The van der Waals surface area contributed by atoms with Crippen molar-refractivity contribution in [2.45, 2.75) is 5.60 Å². The number of fused-ring (bicyclic) bond motifs is 6. The molecule has 2 N–H and O–H groups in total. The number of hydrogen-bond acceptors (Lipinski definition) is 5. The molecule has 0 amide bonds. The Balaban J connectivity index is 0.00000105. The molecule has 27 heavy (non-hydrogen) atoms. The molecule has 2 aliphatic rings. The molecule has 3 aromatic carbocycles. The number of carbonyl (C=O) groups is 1. The van der Waals surface area contributed by atoms with Crippen LogP contribution < -0.4 is 108 Å². The summed E-state index contributed by atoms with van der Waals surface area (Å²) in [6, 6.07) is 16.6. The van der Waals surface area contributed by atoms with Gasteiger partial charge < -0.3 is 22.5 Å². The number of phenolic OH excluding ortho intramolecular Hbond substituents is 2. The molecular formula is C20H14K2O5. The van der Waals surface area contributed by atoms with E-state index in [1.165, 1.54) is 24.3 Å². The Morgan fingerprint density at radius 2 is 1.33 bits per heavy atom. The summed E-state index contributed by atoms with van der Waals surface area (Å²) < 4.78 is 11.8. The van der Waals surface area contributed by atoms with Crippen LogP contribution in [0.25, 0.3) is 0 Å². The van der Waals surface area contributed by atoms with E-state index >= 15 is 0 Å². The van der Waals surface area contributed by atoms with Crippen molar-refractivity contribution in [2.24, 2.45) is 0 Å². The zero-order valence-corrected chi connectivity index (χ0v) is 21.1. The Morgan fingerprint density at radius 3 is 1.93 bits per heavy atom. The number of hydrogen-bond donors (Lipinski definition) is 2. The predicted octanol–water partition coefficient (Wildman–Crippen LogP) is -2.10. The summed E-state index contributed by atoms with van der Waals surface area (Å²) in [6.45, 7) is 0. The van der Waals surface area contributed by atoms with Crippen molar-refractivity contribution in [3.05, 3.63) is 82.9 Å². The third kappa shape index (κ3) is 3.18. The number of carbonyl (C=O) groups excluding carboxylic acids is 1. The van der Waals surface area contributed by atoms with Crippen LogP contribution in [-0.4, -0.2) is 16.2 Å². The molecule has 5 rings (SSSR count). The summed E-state index contributed by atoms with van der Waals surface area (Å²) in [5.74, 6) is 0.408. The van der Waals surface area contributed by atoms with Gasteiger partial charge in [-0.2, -0.15) is 0 Å². The largest absolute Gasteiger partial charge is 1.00 e. The summed E-state index contributed by atoms with van der Waals surface area (Å²) in [7, 11) is 0. The number of esters is 1. The maximum absolute atomic E-state index is 12.5. The van der Waals surface area contributed by atoms with E-state index in [0.29, 0.717) is 33.8 Å². The number of benzene rings is 3. The first kappa shape index (κ1) is 21.5. The average Bonchev–Trinajstić information content (AvgIpc) is 2.88. The topological polar surface area (TPSA) is 76.0 Å². The molecule has 1 spiro atoms. The van der Waals surface area contributed by atoms with Gasteiger partial charge in [0.25, 0.3) is 0 Å². The second-order valence-electron chi connectivity index (χ2n) is 6.08. The molecule has 3 aromatic rings. The fourth-order valence-corrected chi connectivity index (χ4v) is 3.65. The Morgan fingerprint density at radius 1 is 0.778 bits per heavy atom. The first-order valence-electron chi connectivity index (χ1n) is 7.77. The number of phenols is 2. The van der Waals surface area contributed by atoms with Crippen molar-refractivity contribution >= 4 is 5.97 Å². The van der Waals surface area contributed by atoms with Gasteiger partial charge in [0.05, 0.1) is 5.56 Å². The minimum absolute atomic E-state index is 0. The molecule has 5 nitrogen and oxygen atoms in total. The van der Waals surface area contributed by atoms with E-state index in [9.17, 15) is 15.0 Å². The second kappa shape index (κ2) is 7.91. The Labute approximate surface area is 243 Å². The zero-order valence-electron chi connectivity index (χ0n) is 16.9. The van der Waals surface area contributed by atoms with Gasteiger partial charge in [-0.15, -0.1) is 0 Å². The van der Waals surface area contributed by atoms with Crippen LogP contribution in [0.5, 0.6) is 23.0 Å². The molecule has 0 bridgehead atoms. The normalized spacial score (nSPS) is 14.6. The van der Waals surface area contributed by atoms with Crippen LogP contribution >= 0.6 is 0 Å². The van der Waals surface area contributed by atoms with Crippen molar-refractivity contribution < 1.29 is 130 Å². The van der Waals surface area contributed by atoms with Gasteiger partial charge >= 0.3 is 109 Å². The van der Waals surface area contributed by atoms with E-state index in [1.54, 1.807) is 24.3 Å². The standard InChI is InChI=1S/C20H12O5.2K.2H/c21-11-5-7-15-17(9-11)24-18-10-12(22)6-8-16(18)20(15)14-4-2-1-3-13(14)19(23)25-20;;;;/h1-10,21-22H;;;;/q;2*+1;2*-1. The zero-order chi connectivity index (χ0) is 17.2. The van der Waals surface area contributed by atoms with Crippen molar-refractivity contribution in [3.8, 4) is 23.0 Å². The van der Waals surface area contributed by atoms with E-state index in [2.05, 4.69) is 0 Å². The van der Waals surface area contributed by atoms with Crippen molar-refractivity contribution in [1.29, 1.82) is 0 Å². The molecule has 0 saturated heterocycles. The Kier molecular flexibility index (Phi) is 6.30. The Bertz CT molecular complexity index is 1020. The van der Waals surface area contributed by atoms with Crippen LogP contribution in [0, 0.1) is 0 Å². The number of rotatable bonds is 0. The third-order valence-corrected chi connectivity index (χ3v) is 4.68. The molecule has 7 heteroatoms. The van der Waals surface area contributed by atoms with E-state index in [-0.39, 0.29) is 117 Å². The summed E-state index contributed by atoms with van der Waals surface area (Å²) in [4.78, 5) is 12.5. The van der Waals surface area contributed by atoms with Gasteiger partial charge in [-0.1, -0.05) is 18.2 Å². The fourth-order valence-electron chi connectivity index (χ4n) is 3.65. The van der Waals surface area contributed by atoms with E-state index < -0.39 is 11.6 Å². The number of ether oxygens (including phenoxy) is 2. The van der Waals surface area contributed by atoms with Gasteiger partial charge in [-0.3, -0.25) is 0 Å². The molecule has 0 unspecified atom stereocenters. The van der Waals surface area contributed by atoms with Crippen LogP contribution in [0.15, 0.2) is 60.7 Å². The van der Waals surface area contributed by atoms with E-state index in [0.717, 1.165) is 0 Å². The molecule has 0 aromatic heterocycles. The second-order valence-corrected chi connectivity index (χ2v) is 6.08. The van der Waals surface area contributed by atoms with Crippen LogP contribution in [0.4, 0.5) is 0 Å². The molecule has 0 fully saturated rings. The van der Waals surface area contributed by atoms with Gasteiger partial charge in [-0.25, -0.2) is 4.79 Å². The average molecular weight is 413 g/mol. The molecule has 0 atom stereocenters. The van der Waals surface area contributed by atoms with E-state index in [4.69, 9.17) is 9.47 Å². The van der Waals surface area contributed by atoms with Crippen LogP contribution in [0.2, 0.25) is 0 Å². The first-order valence-corrected chi connectivity index (χ1v) is 7.77. The maximum atomic E-state index is 12.5. The third-order valence-electron chi connectivity index (χ3n) is 4.68. The molecule has 2 aliphatic heterocycles. The maximum Gasteiger partial charge on any atom is 1.00 e. The molecule has 2 heterocycles. The Hall–Kier alpha value is -0.197. The smallest absolute Gasteiger partial charge is 1.00 e. The minimum Gasteiger partial charge on any atom is -1.00 e. The van der Waals surface area contributed by atoms with E-state index in [1.807, 2.05) is 12.1 Å². The van der Waals surface area contributed by atoms with Gasteiger partial charge in [0.2, 0.25) is 0 Å². The molecule has 0 radical (unpaired) electrons. The predicted molar refractivity (Wildman–Crippen MR) is 90.3 cm³/mol. The first-order chi connectivity index (χ1) is 12.1. The monoisotopic (exact) mass is 412 g/mol. The van der Waals surface area contributed by atoms with Crippen molar-refractivity contribution in [2.75, 3.05) is 0 Å². The summed E-state index contributed by atoms with van der Waals surface area (Å²) in [6.07, 6.45) is 0. The summed E-state index contributed by atoms with van der Waals surface area (Å²) in [5, 5.41) is 19.7. The SMILES string of the molecule is O=C1OC2(c3ccc(O)cc3Oc3cc(O)ccc32)c2ccccc21.[H-].[H-].[K+].[K+]. The number of aromatic hydroxyl groups is 2. The van der Waals surface area contributed by atoms with Gasteiger partial charge in [-0.05, 0) is 30.3 Å². The summed E-state index contributed by atoms with van der Waals surface area (Å²) >= 11 is 0. The minimum atomic E-state index is -1.17. The van der Waals surface area contributed by atoms with Crippen molar-refractivity contribution in [3.63, 3.8) is 0 Å². The quantitative estimate of drug-likeness (QED) is 0.327. The fraction of sp³-hybridized carbons (Fsp3) is 0.0500. The van der Waals surface area contributed by atoms with Gasteiger partial charge in [0.15, 0.2) is 5.60 Å². The summed E-state index contributed by atoms with van der Waals surface area (Å²) in [5.41, 5.74) is 1.28. The van der Waals surface area contributed by atoms with Crippen LogP contribution in [-0.2, 0) is 10.3 Å². The molecule has 0 aliphatic carbocycles. The van der Waals surface area contributed by atoms with Crippen molar-refractivity contribution in [1.82, 2.24) is 0 Å².